The highest BCUT2D eigenvalue weighted by Gasteiger charge is 2.45. The summed E-state index contributed by atoms with van der Waals surface area (Å²) in [4.78, 5) is 0. The normalized spacial score (nSPS) is 28.1. The van der Waals surface area contributed by atoms with E-state index >= 15 is 0 Å². The highest BCUT2D eigenvalue weighted by molar-refractivity contribution is 5.67. The molecule has 1 aliphatic carbocycles. The van der Waals surface area contributed by atoms with Crippen LogP contribution in [0.1, 0.15) is 56.2 Å². The molecule has 1 fully saturated rings. The summed E-state index contributed by atoms with van der Waals surface area (Å²) < 4.78 is 12.1. The van der Waals surface area contributed by atoms with E-state index in [0.29, 0.717) is 18.0 Å². The maximum atomic E-state index is 10.7. The Morgan fingerprint density at radius 3 is 2.27 bits per heavy atom. The van der Waals surface area contributed by atoms with E-state index in [0.717, 1.165) is 42.6 Å². The number of phenols is 1. The summed E-state index contributed by atoms with van der Waals surface area (Å²) in [7, 11) is 0. The molecule has 2 heterocycles. The van der Waals surface area contributed by atoms with Gasteiger partial charge in [0, 0.05) is 41.5 Å². The first-order chi connectivity index (χ1) is 10.6. The zero-order chi connectivity index (χ0) is 15.5. The standard InChI is InChI=1S/C18H25NO3/c1-10-7-12-14(18(9-19)5-3-4-6-18)16-13(8-11(2)21-16)15(20)17(12)22-10/h10-11,20H,3-9,19H2,1-2H3. The van der Waals surface area contributed by atoms with Crippen molar-refractivity contribution in [2.45, 2.75) is 70.0 Å². The summed E-state index contributed by atoms with van der Waals surface area (Å²) in [6.07, 6.45) is 6.46. The van der Waals surface area contributed by atoms with Gasteiger partial charge < -0.3 is 20.3 Å². The molecule has 0 amide bonds. The van der Waals surface area contributed by atoms with Gasteiger partial charge in [-0.1, -0.05) is 12.8 Å². The first-order valence-electron chi connectivity index (χ1n) is 8.50. The molecule has 2 aliphatic heterocycles. The summed E-state index contributed by atoms with van der Waals surface area (Å²) in [6, 6.07) is 0. The Hall–Kier alpha value is -1.42. The van der Waals surface area contributed by atoms with Crippen molar-refractivity contribution in [2.75, 3.05) is 6.54 Å². The lowest BCUT2D eigenvalue weighted by Gasteiger charge is -2.32. The van der Waals surface area contributed by atoms with E-state index in [1.165, 1.54) is 18.4 Å². The molecule has 0 spiro atoms. The molecule has 1 aromatic rings. The average Bonchev–Trinajstić information content (AvgIpc) is 3.18. The van der Waals surface area contributed by atoms with Crippen molar-refractivity contribution in [3.63, 3.8) is 0 Å². The number of fused-ring (bicyclic) bond motifs is 2. The summed E-state index contributed by atoms with van der Waals surface area (Å²) in [5.74, 6) is 1.90. The first kappa shape index (κ1) is 14.2. The molecule has 4 nitrogen and oxygen atoms in total. The van der Waals surface area contributed by atoms with Crippen molar-refractivity contribution in [3.8, 4) is 17.2 Å². The molecular weight excluding hydrogens is 278 g/mol. The Balaban J connectivity index is 1.98. The second-order valence-electron chi connectivity index (χ2n) is 7.30. The second-order valence-corrected chi connectivity index (χ2v) is 7.30. The van der Waals surface area contributed by atoms with Crippen molar-refractivity contribution in [2.24, 2.45) is 5.73 Å². The number of rotatable bonds is 2. The van der Waals surface area contributed by atoms with Crippen LogP contribution in [0, 0.1) is 0 Å². The predicted octanol–water partition coefficient (Wildman–Crippen LogP) is 2.81. The number of benzene rings is 1. The molecule has 3 aliphatic rings. The SMILES string of the molecule is CC1Cc2c(c(O)c3c(c2C2(CN)CCCC2)OC(C)C3)O1. The van der Waals surface area contributed by atoms with Gasteiger partial charge >= 0.3 is 0 Å². The topological polar surface area (TPSA) is 64.7 Å². The van der Waals surface area contributed by atoms with Crippen LogP contribution in [-0.4, -0.2) is 23.9 Å². The molecule has 0 aromatic heterocycles. The average molecular weight is 303 g/mol. The highest BCUT2D eigenvalue weighted by Crippen LogP contribution is 2.56. The third-order valence-corrected chi connectivity index (χ3v) is 5.68. The van der Waals surface area contributed by atoms with Crippen molar-refractivity contribution in [1.82, 2.24) is 0 Å². The van der Waals surface area contributed by atoms with Gasteiger partial charge in [0.1, 0.15) is 18.0 Å². The van der Waals surface area contributed by atoms with Crippen LogP contribution in [0.3, 0.4) is 0 Å². The van der Waals surface area contributed by atoms with Gasteiger partial charge in [-0.05, 0) is 26.7 Å². The fourth-order valence-corrected chi connectivity index (χ4v) is 4.66. The van der Waals surface area contributed by atoms with Crippen LogP contribution >= 0.6 is 0 Å². The summed E-state index contributed by atoms with van der Waals surface area (Å²) in [6.45, 7) is 4.76. The molecule has 22 heavy (non-hydrogen) atoms. The third kappa shape index (κ3) is 1.79. The van der Waals surface area contributed by atoms with E-state index < -0.39 is 0 Å². The van der Waals surface area contributed by atoms with Crippen LogP contribution in [0.25, 0.3) is 0 Å². The van der Waals surface area contributed by atoms with Crippen LogP contribution in [0.2, 0.25) is 0 Å². The van der Waals surface area contributed by atoms with Gasteiger partial charge in [-0.25, -0.2) is 0 Å². The van der Waals surface area contributed by atoms with Gasteiger partial charge in [-0.2, -0.15) is 0 Å². The number of phenolic OH excluding ortho intramolecular Hbond substituents is 1. The van der Waals surface area contributed by atoms with Gasteiger partial charge in [0.2, 0.25) is 0 Å². The zero-order valence-electron chi connectivity index (χ0n) is 13.4. The van der Waals surface area contributed by atoms with Crippen molar-refractivity contribution in [3.05, 3.63) is 16.7 Å². The minimum Gasteiger partial charge on any atom is -0.504 e. The van der Waals surface area contributed by atoms with Gasteiger partial charge in [-0.15, -0.1) is 0 Å². The first-order valence-corrected chi connectivity index (χ1v) is 8.50. The Bertz CT molecular complexity index is 580. The van der Waals surface area contributed by atoms with Crippen molar-refractivity contribution >= 4 is 0 Å². The molecule has 4 rings (SSSR count). The summed E-state index contributed by atoms with van der Waals surface area (Å²) in [5, 5.41) is 10.7. The number of ether oxygens (including phenoxy) is 2. The van der Waals surface area contributed by atoms with Crippen molar-refractivity contribution in [1.29, 1.82) is 0 Å². The minimum absolute atomic E-state index is 0.000648. The van der Waals surface area contributed by atoms with Crippen molar-refractivity contribution < 1.29 is 14.6 Å². The minimum atomic E-state index is -0.000648. The van der Waals surface area contributed by atoms with Crippen LogP contribution < -0.4 is 15.2 Å². The maximum absolute atomic E-state index is 10.7. The fraction of sp³-hybridized carbons (Fsp3) is 0.667. The lowest BCUT2D eigenvalue weighted by Crippen LogP contribution is -2.33. The quantitative estimate of drug-likeness (QED) is 0.882. The second kappa shape index (κ2) is 4.79. The van der Waals surface area contributed by atoms with Gasteiger partial charge in [0.15, 0.2) is 11.5 Å². The molecule has 120 valence electrons. The molecule has 0 radical (unpaired) electrons. The van der Waals surface area contributed by atoms with E-state index in [-0.39, 0.29) is 17.6 Å². The number of hydrogen-bond donors (Lipinski definition) is 2. The Kier molecular flexibility index (Phi) is 3.09. The molecule has 2 unspecified atom stereocenters. The molecule has 3 N–H and O–H groups in total. The van der Waals surface area contributed by atoms with E-state index in [4.69, 9.17) is 15.2 Å². The number of nitrogens with two attached hydrogens (primary N) is 1. The van der Waals surface area contributed by atoms with Crippen LogP contribution in [-0.2, 0) is 18.3 Å². The Morgan fingerprint density at radius 2 is 1.64 bits per heavy atom. The lowest BCUT2D eigenvalue weighted by molar-refractivity contribution is 0.244. The Morgan fingerprint density at radius 1 is 1.05 bits per heavy atom. The maximum Gasteiger partial charge on any atom is 0.165 e. The zero-order valence-corrected chi connectivity index (χ0v) is 13.4. The fourth-order valence-electron chi connectivity index (χ4n) is 4.66. The van der Waals surface area contributed by atoms with E-state index in [1.807, 2.05) is 0 Å². The van der Waals surface area contributed by atoms with Gasteiger partial charge in [0.05, 0.1) is 0 Å². The lowest BCUT2D eigenvalue weighted by atomic mass is 9.74. The highest BCUT2D eigenvalue weighted by atomic mass is 16.5. The molecule has 1 saturated carbocycles. The molecule has 2 atom stereocenters. The monoisotopic (exact) mass is 303 g/mol. The smallest absolute Gasteiger partial charge is 0.165 e. The van der Waals surface area contributed by atoms with E-state index in [2.05, 4.69) is 13.8 Å². The largest absolute Gasteiger partial charge is 0.504 e. The Labute approximate surface area is 131 Å². The number of aromatic hydroxyl groups is 1. The number of hydrogen-bond acceptors (Lipinski definition) is 4. The van der Waals surface area contributed by atoms with Crippen LogP contribution in [0.15, 0.2) is 0 Å². The molecule has 0 saturated heterocycles. The molecule has 0 bridgehead atoms. The summed E-state index contributed by atoms with van der Waals surface area (Å²) >= 11 is 0. The van der Waals surface area contributed by atoms with Crippen LogP contribution in [0.5, 0.6) is 17.2 Å². The van der Waals surface area contributed by atoms with Gasteiger partial charge in [0.25, 0.3) is 0 Å². The third-order valence-electron chi connectivity index (χ3n) is 5.68. The molecule has 4 heteroatoms. The van der Waals surface area contributed by atoms with E-state index in [9.17, 15) is 5.11 Å². The summed E-state index contributed by atoms with van der Waals surface area (Å²) in [5.41, 5.74) is 9.56. The van der Waals surface area contributed by atoms with E-state index in [1.54, 1.807) is 0 Å². The molecule has 1 aromatic carbocycles. The van der Waals surface area contributed by atoms with Crippen LogP contribution in [0.4, 0.5) is 0 Å². The van der Waals surface area contributed by atoms with Gasteiger partial charge in [-0.3, -0.25) is 0 Å². The predicted molar refractivity (Wildman–Crippen MR) is 84.9 cm³/mol. The molecular formula is C18H25NO3.